The average Bonchev–Trinajstić information content (AvgIpc) is 2.48. The lowest BCUT2D eigenvalue weighted by atomic mass is 9.73. The Kier molecular flexibility index (Phi) is 3.40. The molecule has 2 N–H and O–H groups in total. The smallest absolute Gasteiger partial charge is 0.311 e. The van der Waals surface area contributed by atoms with Gasteiger partial charge in [-0.2, -0.15) is 0 Å². The average molecular weight is 221 g/mol. The first-order chi connectivity index (χ1) is 6.15. The third-order valence-corrected chi connectivity index (χ3v) is 3.51. The molecule has 2 aliphatic heterocycles. The van der Waals surface area contributed by atoms with Crippen molar-refractivity contribution in [3.05, 3.63) is 0 Å². The summed E-state index contributed by atoms with van der Waals surface area (Å²) in [6.45, 7) is 3.33. The van der Waals surface area contributed by atoms with Crippen LogP contribution in [0.15, 0.2) is 0 Å². The Balaban J connectivity index is 0.000000980. The van der Waals surface area contributed by atoms with Gasteiger partial charge in [-0.05, 0) is 20.0 Å². The molecule has 0 radical (unpaired) electrons. The summed E-state index contributed by atoms with van der Waals surface area (Å²) in [7, 11) is 2.06. The first-order valence-electron chi connectivity index (χ1n) is 4.78. The molecule has 0 aliphatic carbocycles. The summed E-state index contributed by atoms with van der Waals surface area (Å²) < 4.78 is 0. The number of aliphatic carboxylic acids is 1. The van der Waals surface area contributed by atoms with Gasteiger partial charge >= 0.3 is 5.97 Å². The fourth-order valence-electron chi connectivity index (χ4n) is 2.56. The lowest BCUT2D eigenvalue weighted by Crippen LogP contribution is -2.49. The molecule has 2 unspecified atom stereocenters. The highest BCUT2D eigenvalue weighted by atomic mass is 35.5. The molecule has 2 heterocycles. The molecule has 0 amide bonds. The number of carboxylic acid groups (broad SMARTS) is 1. The largest absolute Gasteiger partial charge is 0.481 e. The van der Waals surface area contributed by atoms with Gasteiger partial charge in [-0.3, -0.25) is 4.79 Å². The van der Waals surface area contributed by atoms with E-state index in [0.717, 1.165) is 26.1 Å². The number of piperidine rings is 1. The van der Waals surface area contributed by atoms with Crippen molar-refractivity contribution in [2.75, 3.05) is 33.2 Å². The Morgan fingerprint density at radius 1 is 1.64 bits per heavy atom. The van der Waals surface area contributed by atoms with Gasteiger partial charge in [0, 0.05) is 25.6 Å². The van der Waals surface area contributed by atoms with E-state index in [1.54, 1.807) is 0 Å². The first kappa shape index (κ1) is 11.8. The Morgan fingerprint density at radius 3 is 3.00 bits per heavy atom. The SMILES string of the molecule is CN1CCC2(C(=O)O)CNCC2C1.Cl. The molecule has 0 saturated carbocycles. The van der Waals surface area contributed by atoms with Crippen molar-refractivity contribution in [1.82, 2.24) is 10.2 Å². The molecule has 4 nitrogen and oxygen atoms in total. The van der Waals surface area contributed by atoms with Gasteiger partial charge in [0.25, 0.3) is 0 Å². The van der Waals surface area contributed by atoms with Crippen LogP contribution in [0.25, 0.3) is 0 Å². The second kappa shape index (κ2) is 4.04. The van der Waals surface area contributed by atoms with Crippen LogP contribution < -0.4 is 5.32 Å². The third-order valence-electron chi connectivity index (χ3n) is 3.51. The van der Waals surface area contributed by atoms with Crippen LogP contribution in [0.1, 0.15) is 6.42 Å². The van der Waals surface area contributed by atoms with Crippen LogP contribution in [0.4, 0.5) is 0 Å². The van der Waals surface area contributed by atoms with Crippen molar-refractivity contribution in [3.8, 4) is 0 Å². The Morgan fingerprint density at radius 2 is 2.36 bits per heavy atom. The molecule has 5 heteroatoms. The Hall–Kier alpha value is -0.320. The van der Waals surface area contributed by atoms with E-state index < -0.39 is 11.4 Å². The summed E-state index contributed by atoms with van der Waals surface area (Å²) >= 11 is 0. The summed E-state index contributed by atoms with van der Waals surface area (Å²) in [4.78, 5) is 13.4. The molecule has 2 rings (SSSR count). The minimum Gasteiger partial charge on any atom is -0.481 e. The molecule has 0 spiro atoms. The number of nitrogens with one attached hydrogen (secondary N) is 1. The summed E-state index contributed by atoms with van der Waals surface area (Å²) in [5, 5.41) is 12.4. The quantitative estimate of drug-likeness (QED) is 0.655. The molecule has 82 valence electrons. The van der Waals surface area contributed by atoms with Gasteiger partial charge in [-0.15, -0.1) is 12.4 Å². The van der Waals surface area contributed by atoms with Crippen LogP contribution in [0.5, 0.6) is 0 Å². The van der Waals surface area contributed by atoms with Gasteiger partial charge in [-0.1, -0.05) is 0 Å². The van der Waals surface area contributed by atoms with Crippen LogP contribution in [-0.2, 0) is 4.79 Å². The highest BCUT2D eigenvalue weighted by Crippen LogP contribution is 2.38. The predicted octanol–water partition coefficient (Wildman–Crippen LogP) is 0.0341. The molecule has 0 bridgehead atoms. The van der Waals surface area contributed by atoms with Gasteiger partial charge in [0.2, 0.25) is 0 Å². The van der Waals surface area contributed by atoms with E-state index in [1.807, 2.05) is 0 Å². The molecule has 0 aromatic heterocycles. The van der Waals surface area contributed by atoms with E-state index in [0.29, 0.717) is 12.5 Å². The van der Waals surface area contributed by atoms with E-state index in [4.69, 9.17) is 0 Å². The molecule has 0 aromatic rings. The summed E-state index contributed by atoms with van der Waals surface area (Å²) in [6, 6.07) is 0. The topological polar surface area (TPSA) is 52.6 Å². The zero-order chi connectivity index (χ0) is 9.47. The van der Waals surface area contributed by atoms with Gasteiger partial charge in [0.1, 0.15) is 0 Å². The summed E-state index contributed by atoms with van der Waals surface area (Å²) in [6.07, 6.45) is 0.788. The van der Waals surface area contributed by atoms with Crippen LogP contribution in [-0.4, -0.2) is 49.2 Å². The minimum absolute atomic E-state index is 0. The first-order valence-corrected chi connectivity index (χ1v) is 4.78. The van der Waals surface area contributed by atoms with Crippen molar-refractivity contribution in [1.29, 1.82) is 0 Å². The molecule has 0 aromatic carbocycles. The lowest BCUT2D eigenvalue weighted by Gasteiger charge is -2.39. The van der Waals surface area contributed by atoms with Crippen LogP contribution >= 0.6 is 12.4 Å². The maximum atomic E-state index is 11.2. The number of rotatable bonds is 1. The van der Waals surface area contributed by atoms with Crippen LogP contribution in [0.2, 0.25) is 0 Å². The van der Waals surface area contributed by atoms with Gasteiger partial charge in [0.05, 0.1) is 5.41 Å². The number of carbonyl (C=O) groups is 1. The van der Waals surface area contributed by atoms with Crippen LogP contribution in [0.3, 0.4) is 0 Å². The Labute approximate surface area is 90.1 Å². The number of hydrogen-bond donors (Lipinski definition) is 2. The number of likely N-dealkylation sites (tertiary alicyclic amines) is 1. The third kappa shape index (κ3) is 1.62. The van der Waals surface area contributed by atoms with Gasteiger partial charge < -0.3 is 15.3 Å². The molecule has 2 atom stereocenters. The van der Waals surface area contributed by atoms with Crippen molar-refractivity contribution in [2.45, 2.75) is 6.42 Å². The van der Waals surface area contributed by atoms with Gasteiger partial charge in [-0.25, -0.2) is 0 Å². The fourth-order valence-corrected chi connectivity index (χ4v) is 2.56. The molecule has 2 saturated heterocycles. The number of halogens is 1. The molecule has 2 aliphatic rings. The predicted molar refractivity (Wildman–Crippen MR) is 55.8 cm³/mol. The lowest BCUT2D eigenvalue weighted by molar-refractivity contribution is -0.153. The van der Waals surface area contributed by atoms with Gasteiger partial charge in [0.15, 0.2) is 0 Å². The van der Waals surface area contributed by atoms with E-state index in [1.165, 1.54) is 0 Å². The molecule has 14 heavy (non-hydrogen) atoms. The van der Waals surface area contributed by atoms with Crippen molar-refractivity contribution < 1.29 is 9.90 Å². The zero-order valence-electron chi connectivity index (χ0n) is 8.32. The number of hydrogen-bond acceptors (Lipinski definition) is 3. The van der Waals surface area contributed by atoms with Crippen molar-refractivity contribution in [2.24, 2.45) is 11.3 Å². The highest BCUT2D eigenvalue weighted by Gasteiger charge is 2.51. The van der Waals surface area contributed by atoms with Crippen molar-refractivity contribution in [3.63, 3.8) is 0 Å². The zero-order valence-corrected chi connectivity index (χ0v) is 9.14. The number of carboxylic acids is 1. The summed E-state index contributed by atoms with van der Waals surface area (Å²) in [5.74, 6) is -0.320. The van der Waals surface area contributed by atoms with E-state index in [-0.39, 0.29) is 12.4 Å². The Bertz CT molecular complexity index is 237. The van der Waals surface area contributed by atoms with Crippen LogP contribution in [0, 0.1) is 11.3 Å². The number of nitrogens with zero attached hydrogens (tertiary/aromatic N) is 1. The maximum absolute atomic E-state index is 11.2. The minimum atomic E-state index is -0.615. The highest BCUT2D eigenvalue weighted by molar-refractivity contribution is 5.85. The standard InChI is InChI=1S/C9H16N2O2.ClH/c1-11-3-2-9(8(12)13)6-10-4-7(9)5-11;/h7,10H,2-6H2,1H3,(H,12,13);1H. The monoisotopic (exact) mass is 220 g/mol. The van der Waals surface area contributed by atoms with E-state index in [2.05, 4.69) is 17.3 Å². The normalized spacial score (nSPS) is 37.4. The molecule has 2 fully saturated rings. The van der Waals surface area contributed by atoms with Crippen molar-refractivity contribution >= 4 is 18.4 Å². The number of fused-ring (bicyclic) bond motifs is 1. The molecular formula is C9H17ClN2O2. The maximum Gasteiger partial charge on any atom is 0.311 e. The molecular weight excluding hydrogens is 204 g/mol. The van der Waals surface area contributed by atoms with E-state index in [9.17, 15) is 9.90 Å². The fraction of sp³-hybridized carbons (Fsp3) is 0.889. The second-order valence-corrected chi connectivity index (χ2v) is 4.30. The van der Waals surface area contributed by atoms with E-state index >= 15 is 0 Å². The second-order valence-electron chi connectivity index (χ2n) is 4.30. The summed E-state index contributed by atoms with van der Waals surface area (Å²) in [5.41, 5.74) is -0.466.